The van der Waals surface area contributed by atoms with Gasteiger partial charge in [0.15, 0.2) is 5.43 Å². The van der Waals surface area contributed by atoms with Gasteiger partial charge < -0.3 is 4.74 Å². The summed E-state index contributed by atoms with van der Waals surface area (Å²) in [5, 5.41) is 0. The van der Waals surface area contributed by atoms with Gasteiger partial charge in [-0.25, -0.2) is 0 Å². The second-order valence-electron chi connectivity index (χ2n) is 3.41. The van der Waals surface area contributed by atoms with E-state index in [2.05, 4.69) is 0 Å². The van der Waals surface area contributed by atoms with E-state index >= 15 is 0 Å². The van der Waals surface area contributed by atoms with Crippen molar-refractivity contribution in [3.05, 3.63) is 46.6 Å². The third-order valence-corrected chi connectivity index (χ3v) is 4.48. The molecule has 0 aliphatic carbocycles. The van der Waals surface area contributed by atoms with Crippen molar-refractivity contribution < 1.29 is 4.74 Å². The number of ether oxygens (including phenoxy) is 1. The Morgan fingerprint density at radius 3 is 2.47 bits per heavy atom. The Bertz CT molecular complexity index is 558. The first-order valence-corrected chi connectivity index (χ1v) is 7.10. The van der Waals surface area contributed by atoms with Crippen LogP contribution in [0.1, 0.15) is 0 Å². The third kappa shape index (κ3) is 2.90. The van der Waals surface area contributed by atoms with E-state index < -0.39 is 0 Å². The van der Waals surface area contributed by atoms with Crippen molar-refractivity contribution in [2.75, 3.05) is 13.4 Å². The zero-order valence-electron chi connectivity index (χ0n) is 9.60. The van der Waals surface area contributed by atoms with Crippen LogP contribution in [0.3, 0.4) is 0 Å². The van der Waals surface area contributed by atoms with Crippen LogP contribution in [0.2, 0.25) is 0 Å². The van der Waals surface area contributed by atoms with Gasteiger partial charge in [-0.05, 0) is 36.1 Å². The Labute approximate surface area is 108 Å². The zero-order chi connectivity index (χ0) is 12.3. The van der Waals surface area contributed by atoms with E-state index in [0.29, 0.717) is 0 Å². The number of benzene rings is 1. The average Bonchev–Trinajstić information content (AvgIpc) is 2.38. The van der Waals surface area contributed by atoms with E-state index in [1.54, 1.807) is 42.3 Å². The van der Waals surface area contributed by atoms with Crippen LogP contribution in [0.4, 0.5) is 0 Å². The maximum absolute atomic E-state index is 11.5. The first kappa shape index (κ1) is 12.2. The smallest absolute Gasteiger partial charge is 0.182 e. The molecule has 88 valence electrons. The summed E-state index contributed by atoms with van der Waals surface area (Å²) in [6, 6.07) is 11.1. The predicted octanol–water partition coefficient (Wildman–Crippen LogP) is 3.51. The lowest BCUT2D eigenvalue weighted by molar-refractivity contribution is 0.415. The molecule has 1 heterocycles. The third-order valence-electron chi connectivity index (χ3n) is 2.32. The highest BCUT2D eigenvalue weighted by Crippen LogP contribution is 2.29. The molecular formula is C13H12O2S2. The molecule has 2 nitrogen and oxygen atoms in total. The summed E-state index contributed by atoms with van der Waals surface area (Å²) in [5.41, 5.74) is 1.10. The Kier molecular flexibility index (Phi) is 3.86. The lowest BCUT2D eigenvalue weighted by Crippen LogP contribution is -1.95. The van der Waals surface area contributed by atoms with Gasteiger partial charge >= 0.3 is 0 Å². The van der Waals surface area contributed by atoms with Gasteiger partial charge in [-0.3, -0.25) is 4.79 Å². The summed E-state index contributed by atoms with van der Waals surface area (Å²) >= 11 is 3.22. The molecule has 17 heavy (non-hydrogen) atoms. The van der Waals surface area contributed by atoms with Crippen LogP contribution < -0.4 is 10.2 Å². The van der Waals surface area contributed by atoms with Gasteiger partial charge in [0.05, 0.1) is 11.3 Å². The second kappa shape index (κ2) is 5.38. The Balaban J connectivity index is 2.44. The Morgan fingerprint density at radius 2 is 1.88 bits per heavy atom. The van der Waals surface area contributed by atoms with Gasteiger partial charge in [-0.1, -0.05) is 0 Å². The summed E-state index contributed by atoms with van der Waals surface area (Å²) in [7, 11) is 1.64. The molecule has 0 atom stereocenters. The monoisotopic (exact) mass is 264 g/mol. The predicted molar refractivity (Wildman–Crippen MR) is 74.4 cm³/mol. The van der Waals surface area contributed by atoms with Gasteiger partial charge in [0.1, 0.15) is 5.75 Å². The maximum atomic E-state index is 11.5. The molecule has 0 fully saturated rings. The minimum atomic E-state index is 0.0546. The van der Waals surface area contributed by atoms with E-state index in [0.717, 1.165) is 20.4 Å². The molecule has 0 radical (unpaired) electrons. The van der Waals surface area contributed by atoms with E-state index in [9.17, 15) is 4.79 Å². The number of rotatable bonds is 3. The van der Waals surface area contributed by atoms with Gasteiger partial charge in [0.2, 0.25) is 0 Å². The van der Waals surface area contributed by atoms with Gasteiger partial charge in [-0.2, -0.15) is 0 Å². The van der Waals surface area contributed by atoms with Crippen LogP contribution in [-0.4, -0.2) is 13.4 Å². The minimum Gasteiger partial charge on any atom is -0.497 e. The fraction of sp³-hybridized carbons (Fsp3) is 0.154. The molecule has 4 heteroatoms. The summed E-state index contributed by atoms with van der Waals surface area (Å²) in [5.74, 6) is 0.821. The number of hydrogen-bond acceptors (Lipinski definition) is 4. The summed E-state index contributed by atoms with van der Waals surface area (Å²) < 4.78 is 6.14. The highest BCUT2D eigenvalue weighted by molar-refractivity contribution is 8.00. The van der Waals surface area contributed by atoms with Crippen molar-refractivity contribution in [1.82, 2.24) is 0 Å². The van der Waals surface area contributed by atoms with Crippen LogP contribution in [0, 0.1) is 0 Å². The molecule has 0 saturated heterocycles. The molecule has 1 aromatic carbocycles. The summed E-state index contributed by atoms with van der Waals surface area (Å²) in [4.78, 5) is 12.5. The lowest BCUT2D eigenvalue weighted by Gasteiger charge is -2.04. The van der Waals surface area contributed by atoms with Crippen molar-refractivity contribution in [1.29, 1.82) is 0 Å². The summed E-state index contributed by atoms with van der Waals surface area (Å²) in [6.07, 6.45) is 1.98. The molecule has 0 bridgehead atoms. The topological polar surface area (TPSA) is 26.3 Å². The average molecular weight is 264 g/mol. The normalized spacial score (nSPS) is 10.2. The largest absolute Gasteiger partial charge is 0.497 e. The van der Waals surface area contributed by atoms with Crippen LogP contribution >= 0.6 is 23.1 Å². The molecule has 2 aromatic rings. The highest BCUT2D eigenvalue weighted by atomic mass is 32.2. The molecule has 0 aliphatic heterocycles. The van der Waals surface area contributed by atoms with Crippen molar-refractivity contribution in [2.45, 2.75) is 4.21 Å². The maximum Gasteiger partial charge on any atom is 0.182 e. The van der Waals surface area contributed by atoms with Crippen LogP contribution in [0.5, 0.6) is 5.75 Å². The van der Waals surface area contributed by atoms with Crippen molar-refractivity contribution in [3.8, 4) is 16.2 Å². The Hall–Kier alpha value is -1.26. The van der Waals surface area contributed by atoms with E-state index in [1.165, 1.54) is 0 Å². The first-order chi connectivity index (χ1) is 8.22. The molecule has 0 amide bonds. The molecule has 0 aliphatic rings. The Morgan fingerprint density at radius 1 is 1.18 bits per heavy atom. The van der Waals surface area contributed by atoms with Gasteiger partial charge in [0, 0.05) is 17.0 Å². The molecule has 0 N–H and O–H groups in total. The molecule has 2 rings (SSSR count). The molecule has 0 unspecified atom stereocenters. The van der Waals surface area contributed by atoms with Crippen molar-refractivity contribution in [3.63, 3.8) is 0 Å². The summed E-state index contributed by atoms with van der Waals surface area (Å²) in [6.45, 7) is 0. The fourth-order valence-corrected chi connectivity index (χ4v) is 3.11. The van der Waals surface area contributed by atoms with Gasteiger partial charge in [-0.15, -0.1) is 23.1 Å². The fourth-order valence-electron chi connectivity index (χ4n) is 1.45. The van der Waals surface area contributed by atoms with E-state index in [4.69, 9.17) is 4.74 Å². The van der Waals surface area contributed by atoms with Crippen LogP contribution in [0.25, 0.3) is 10.4 Å². The second-order valence-corrected chi connectivity index (χ2v) is 5.60. The molecule has 1 aromatic heterocycles. The van der Waals surface area contributed by atoms with Crippen molar-refractivity contribution >= 4 is 23.1 Å². The van der Waals surface area contributed by atoms with Crippen LogP contribution in [-0.2, 0) is 0 Å². The van der Waals surface area contributed by atoms with E-state index in [1.807, 2.05) is 30.5 Å². The van der Waals surface area contributed by atoms with Gasteiger partial charge in [0.25, 0.3) is 0 Å². The number of methoxy groups -OCH3 is 1. The van der Waals surface area contributed by atoms with Crippen LogP contribution in [0.15, 0.2) is 45.4 Å². The molecular weight excluding hydrogens is 252 g/mol. The molecule has 0 spiro atoms. The standard InChI is InChI=1S/C13H12O2S2/c1-15-11-5-3-9(4-6-11)12-7-10(14)8-13(16-2)17-12/h3-8H,1-2H3. The van der Waals surface area contributed by atoms with E-state index in [-0.39, 0.29) is 5.43 Å². The molecule has 0 saturated carbocycles. The first-order valence-electron chi connectivity index (χ1n) is 5.06. The minimum absolute atomic E-state index is 0.0546. The highest BCUT2D eigenvalue weighted by Gasteiger charge is 2.03. The number of thioether (sulfide) groups is 1. The number of hydrogen-bond donors (Lipinski definition) is 0. The SMILES string of the molecule is COc1ccc(-c2cc(=O)cc(SC)s2)cc1. The lowest BCUT2D eigenvalue weighted by atomic mass is 10.2. The van der Waals surface area contributed by atoms with Crippen molar-refractivity contribution in [2.24, 2.45) is 0 Å². The quantitative estimate of drug-likeness (QED) is 0.794. The zero-order valence-corrected chi connectivity index (χ0v) is 11.2.